The number of hydrogen-bond donors (Lipinski definition) is 2. The Morgan fingerprint density at radius 1 is 1.27 bits per heavy atom. The highest BCUT2D eigenvalue weighted by Crippen LogP contribution is 2.27. The molecule has 0 spiro atoms. The van der Waals surface area contributed by atoms with E-state index in [2.05, 4.69) is 59.8 Å². The average Bonchev–Trinajstić information content (AvgIpc) is 3.56. The molecule has 4 rings (SSSR count). The molecule has 1 fully saturated rings. The minimum atomic E-state index is -4.18. The summed E-state index contributed by atoms with van der Waals surface area (Å²) in [5, 5.41) is 11.9. The second kappa shape index (κ2) is 11.5. The van der Waals surface area contributed by atoms with Crippen molar-refractivity contribution in [3.63, 3.8) is 0 Å². The Labute approximate surface area is 240 Å². The van der Waals surface area contributed by atoms with Gasteiger partial charge in [0.15, 0.2) is 5.82 Å². The quantitative estimate of drug-likeness (QED) is 0.336. The normalized spacial score (nSPS) is 17.2. The van der Waals surface area contributed by atoms with E-state index in [1.807, 2.05) is 0 Å². The van der Waals surface area contributed by atoms with Crippen molar-refractivity contribution in [2.24, 2.45) is 11.3 Å². The highest BCUT2D eigenvalue weighted by Gasteiger charge is 2.30. The minimum absolute atomic E-state index is 0.0253. The van der Waals surface area contributed by atoms with Crippen molar-refractivity contribution in [3.05, 3.63) is 47.0 Å². The Hall–Kier alpha value is -2.96. The predicted molar refractivity (Wildman–Crippen MR) is 152 cm³/mol. The number of nitrogens with zero attached hydrogens (tertiary/aromatic N) is 5. The topological polar surface area (TPSA) is 133 Å². The van der Waals surface area contributed by atoms with Crippen LogP contribution in [0.1, 0.15) is 69.9 Å². The van der Waals surface area contributed by atoms with Crippen LogP contribution in [0.15, 0.2) is 35.5 Å². The second-order valence-corrected chi connectivity index (χ2v) is 14.2. The molecule has 40 heavy (non-hydrogen) atoms. The van der Waals surface area contributed by atoms with Crippen molar-refractivity contribution in [3.8, 4) is 11.7 Å². The van der Waals surface area contributed by atoms with Crippen LogP contribution in [-0.4, -0.2) is 57.6 Å². The van der Waals surface area contributed by atoms with E-state index in [0.717, 1.165) is 25.8 Å². The van der Waals surface area contributed by atoms with E-state index in [4.69, 9.17) is 16.3 Å². The minimum Gasteiger partial charge on any atom is -0.476 e. The number of aryl methyl sites for hydroxylation is 1. The summed E-state index contributed by atoms with van der Waals surface area (Å²) in [6, 6.07) is 4.63. The van der Waals surface area contributed by atoms with Gasteiger partial charge in [-0.3, -0.25) is 9.48 Å². The van der Waals surface area contributed by atoms with Gasteiger partial charge in [-0.15, -0.1) is 5.10 Å². The molecule has 1 saturated heterocycles. The van der Waals surface area contributed by atoms with Gasteiger partial charge in [0.05, 0.1) is 24.1 Å². The maximum Gasteiger partial charge on any atom is 0.268 e. The molecule has 0 saturated carbocycles. The molecule has 0 radical (unpaired) electrons. The summed E-state index contributed by atoms with van der Waals surface area (Å²) >= 11 is 6.28. The zero-order chi connectivity index (χ0) is 29.3. The van der Waals surface area contributed by atoms with Gasteiger partial charge in [-0.1, -0.05) is 32.4 Å². The third-order valence-electron chi connectivity index (χ3n) is 6.76. The Bertz CT molecular complexity index is 1470. The fraction of sp³-hybridized carbons (Fsp3) is 0.556. The number of aromatic nitrogens is 5. The van der Waals surface area contributed by atoms with Gasteiger partial charge in [0, 0.05) is 24.3 Å². The molecular formula is C27H38ClN7O4S. The predicted octanol–water partition coefficient (Wildman–Crippen LogP) is 4.14. The first-order valence-corrected chi connectivity index (χ1v) is 15.2. The van der Waals surface area contributed by atoms with Crippen LogP contribution in [-0.2, 0) is 16.6 Å². The summed E-state index contributed by atoms with van der Waals surface area (Å²) in [7, 11) is -4.18. The highest BCUT2D eigenvalue weighted by atomic mass is 35.5. The van der Waals surface area contributed by atoms with Crippen molar-refractivity contribution >= 4 is 27.5 Å². The van der Waals surface area contributed by atoms with Crippen molar-refractivity contribution in [1.29, 1.82) is 0 Å². The Morgan fingerprint density at radius 3 is 2.67 bits per heavy atom. The van der Waals surface area contributed by atoms with Crippen LogP contribution in [0, 0.1) is 18.3 Å². The molecule has 3 aromatic heterocycles. The third-order valence-corrected chi connectivity index (χ3v) is 8.48. The van der Waals surface area contributed by atoms with Crippen LogP contribution in [0.3, 0.4) is 0 Å². The van der Waals surface area contributed by atoms with Crippen LogP contribution in [0.2, 0.25) is 5.15 Å². The van der Waals surface area contributed by atoms with Gasteiger partial charge < -0.3 is 10.1 Å². The fourth-order valence-corrected chi connectivity index (χ4v) is 6.07. The average molecular weight is 592 g/mol. The molecule has 1 aliphatic heterocycles. The van der Waals surface area contributed by atoms with Crippen molar-refractivity contribution in [1.82, 2.24) is 34.6 Å². The van der Waals surface area contributed by atoms with Gasteiger partial charge in [0.1, 0.15) is 10.0 Å². The lowest BCUT2D eigenvalue weighted by Gasteiger charge is -2.17. The maximum absolute atomic E-state index is 13.1. The summed E-state index contributed by atoms with van der Waals surface area (Å²) in [5.74, 6) is 0.484. The highest BCUT2D eigenvalue weighted by molar-refractivity contribution is 7.90. The number of halogens is 1. The number of nitrogens with one attached hydrogen (secondary N) is 2. The molecule has 1 aliphatic rings. The first kappa shape index (κ1) is 30.0. The molecule has 0 aromatic carbocycles. The van der Waals surface area contributed by atoms with Crippen LogP contribution in [0.5, 0.6) is 5.88 Å². The summed E-state index contributed by atoms with van der Waals surface area (Å²) in [5.41, 5.74) is 0.521. The summed E-state index contributed by atoms with van der Waals surface area (Å²) in [4.78, 5) is 17.1. The third kappa shape index (κ3) is 7.41. The molecule has 13 heteroatoms. The van der Waals surface area contributed by atoms with Crippen molar-refractivity contribution in [2.45, 2.75) is 77.8 Å². The molecule has 1 unspecified atom stereocenters. The molecule has 218 valence electrons. The number of pyridine rings is 1. The number of rotatable bonds is 10. The SMILES string of the molecule is Cc1c(S(=O)(=O)NC(=O)c2ccc(-n3ccc(OCC(C)(C)C)n3)nc2Cl)cnn1CCCC1CNC(C)(C)C1. The van der Waals surface area contributed by atoms with Crippen LogP contribution in [0.4, 0.5) is 0 Å². The molecular weight excluding hydrogens is 554 g/mol. The molecule has 11 nitrogen and oxygen atoms in total. The number of amides is 1. The lowest BCUT2D eigenvalue weighted by Crippen LogP contribution is -2.31. The van der Waals surface area contributed by atoms with Crippen LogP contribution >= 0.6 is 11.6 Å². The summed E-state index contributed by atoms with van der Waals surface area (Å²) in [6.07, 6.45) is 5.95. The summed E-state index contributed by atoms with van der Waals surface area (Å²) in [6.45, 7) is 14.3. The number of carbonyl (C=O) groups is 1. The molecule has 4 heterocycles. The largest absolute Gasteiger partial charge is 0.476 e. The van der Waals surface area contributed by atoms with E-state index in [0.29, 0.717) is 36.5 Å². The fourth-order valence-electron chi connectivity index (χ4n) is 4.70. The van der Waals surface area contributed by atoms with Gasteiger partial charge in [-0.25, -0.2) is 22.8 Å². The van der Waals surface area contributed by atoms with E-state index in [-0.39, 0.29) is 26.6 Å². The first-order chi connectivity index (χ1) is 18.6. The monoisotopic (exact) mass is 591 g/mol. The van der Waals surface area contributed by atoms with Crippen molar-refractivity contribution < 1.29 is 17.9 Å². The standard InChI is InChI=1S/C27H38ClN7O4S/c1-18-21(16-30-34(18)12-7-8-19-14-27(5,6)29-15-19)40(37,38)33-25(36)20-9-10-22(31-24(20)28)35-13-11-23(32-35)39-17-26(2,3)4/h9-11,13,16,19,29H,7-8,12,14-15,17H2,1-6H3,(H,33,36). The zero-order valence-corrected chi connectivity index (χ0v) is 25.4. The lowest BCUT2D eigenvalue weighted by molar-refractivity contribution is 0.0981. The number of hydrogen-bond acceptors (Lipinski definition) is 8. The van der Waals surface area contributed by atoms with Crippen molar-refractivity contribution in [2.75, 3.05) is 13.2 Å². The molecule has 0 bridgehead atoms. The number of carbonyl (C=O) groups excluding carboxylic acids is 1. The first-order valence-electron chi connectivity index (χ1n) is 13.3. The van der Waals surface area contributed by atoms with Gasteiger partial charge >= 0.3 is 0 Å². The molecule has 3 aromatic rings. The maximum atomic E-state index is 13.1. The lowest BCUT2D eigenvalue weighted by atomic mass is 9.94. The Balaban J connectivity index is 1.38. The van der Waals surface area contributed by atoms with E-state index in [9.17, 15) is 13.2 Å². The van der Waals surface area contributed by atoms with Gasteiger partial charge in [-0.2, -0.15) is 5.10 Å². The number of sulfonamides is 1. The molecule has 2 N–H and O–H groups in total. The van der Waals surface area contributed by atoms with E-state index < -0.39 is 15.9 Å². The second-order valence-electron chi connectivity index (χ2n) is 12.2. The smallest absolute Gasteiger partial charge is 0.268 e. The van der Waals surface area contributed by atoms with Gasteiger partial charge in [0.2, 0.25) is 5.88 Å². The molecule has 1 amide bonds. The van der Waals surface area contributed by atoms with Crippen LogP contribution in [0.25, 0.3) is 5.82 Å². The Kier molecular flexibility index (Phi) is 8.63. The number of ether oxygens (including phenoxy) is 1. The summed E-state index contributed by atoms with van der Waals surface area (Å²) < 4.78 is 37.0. The molecule has 0 aliphatic carbocycles. The molecule has 1 atom stereocenters. The van der Waals surface area contributed by atoms with Gasteiger partial charge in [-0.05, 0) is 70.0 Å². The van der Waals surface area contributed by atoms with E-state index in [1.54, 1.807) is 23.9 Å². The Morgan fingerprint density at radius 2 is 2.02 bits per heavy atom. The van der Waals surface area contributed by atoms with Crippen LogP contribution < -0.4 is 14.8 Å². The van der Waals surface area contributed by atoms with E-state index in [1.165, 1.54) is 23.0 Å². The zero-order valence-electron chi connectivity index (χ0n) is 23.9. The van der Waals surface area contributed by atoms with Gasteiger partial charge in [0.25, 0.3) is 15.9 Å². The van der Waals surface area contributed by atoms with E-state index >= 15 is 0 Å².